The number of carbonyl (C=O) groups excluding carboxylic acids is 1. The maximum atomic E-state index is 11.8. The molecular formula is C17H17N3O2. The van der Waals surface area contributed by atoms with Crippen LogP contribution < -0.4 is 0 Å². The minimum Gasteiger partial charge on any atom is -0.466 e. The molecule has 0 aliphatic carbocycles. The SMILES string of the molecule is CCOC(=O)Cc1cnn(-c2ccccc2)c1-n1cccc1. The second-order valence-electron chi connectivity index (χ2n) is 4.81. The second kappa shape index (κ2) is 6.30. The highest BCUT2D eigenvalue weighted by Crippen LogP contribution is 2.20. The minimum atomic E-state index is -0.247. The van der Waals surface area contributed by atoms with E-state index in [1.54, 1.807) is 13.1 Å². The predicted octanol–water partition coefficient (Wildman–Crippen LogP) is 2.77. The lowest BCUT2D eigenvalue weighted by atomic mass is 10.2. The van der Waals surface area contributed by atoms with Crippen LogP contribution in [-0.4, -0.2) is 26.9 Å². The highest BCUT2D eigenvalue weighted by Gasteiger charge is 2.16. The fourth-order valence-electron chi connectivity index (χ4n) is 2.38. The molecule has 0 saturated heterocycles. The smallest absolute Gasteiger partial charge is 0.310 e. The molecule has 0 amide bonds. The molecule has 3 rings (SSSR count). The van der Waals surface area contributed by atoms with Crippen LogP contribution in [0.2, 0.25) is 0 Å². The number of hydrogen-bond acceptors (Lipinski definition) is 3. The topological polar surface area (TPSA) is 49.0 Å². The van der Waals surface area contributed by atoms with Crippen LogP contribution >= 0.6 is 0 Å². The van der Waals surface area contributed by atoms with E-state index in [4.69, 9.17) is 4.74 Å². The van der Waals surface area contributed by atoms with E-state index in [1.807, 2.05) is 64.1 Å². The van der Waals surface area contributed by atoms with Crippen LogP contribution in [0.15, 0.2) is 61.1 Å². The summed E-state index contributed by atoms with van der Waals surface area (Å²) in [5.74, 6) is 0.604. The van der Waals surface area contributed by atoms with Crippen molar-refractivity contribution in [3.05, 3.63) is 66.6 Å². The lowest BCUT2D eigenvalue weighted by Crippen LogP contribution is -2.11. The van der Waals surface area contributed by atoms with Crippen molar-refractivity contribution < 1.29 is 9.53 Å². The normalized spacial score (nSPS) is 10.6. The van der Waals surface area contributed by atoms with Gasteiger partial charge in [-0.05, 0) is 31.2 Å². The quantitative estimate of drug-likeness (QED) is 0.680. The standard InChI is InChI=1S/C17H17N3O2/c1-2-22-16(21)12-14-13-18-20(15-8-4-3-5-9-15)17(14)19-10-6-7-11-19/h3-11,13H,2,12H2,1H3. The summed E-state index contributed by atoms with van der Waals surface area (Å²) in [4.78, 5) is 11.8. The number of rotatable bonds is 5. The van der Waals surface area contributed by atoms with E-state index in [0.717, 1.165) is 17.1 Å². The summed E-state index contributed by atoms with van der Waals surface area (Å²) in [5.41, 5.74) is 1.78. The van der Waals surface area contributed by atoms with Crippen LogP contribution in [0.5, 0.6) is 0 Å². The summed E-state index contributed by atoms with van der Waals surface area (Å²) in [7, 11) is 0. The molecular weight excluding hydrogens is 278 g/mol. The van der Waals surface area contributed by atoms with Crippen molar-refractivity contribution in [2.75, 3.05) is 6.61 Å². The molecule has 2 aromatic heterocycles. The summed E-state index contributed by atoms with van der Waals surface area (Å²) in [6.45, 7) is 2.18. The van der Waals surface area contributed by atoms with Crippen molar-refractivity contribution in [1.29, 1.82) is 0 Å². The number of para-hydroxylation sites is 1. The van der Waals surface area contributed by atoms with Gasteiger partial charge in [0.1, 0.15) is 5.82 Å². The molecule has 0 fully saturated rings. The fraction of sp³-hybridized carbons (Fsp3) is 0.176. The number of ether oxygens (including phenoxy) is 1. The number of carbonyl (C=O) groups is 1. The van der Waals surface area contributed by atoms with Crippen molar-refractivity contribution >= 4 is 5.97 Å². The Morgan fingerprint density at radius 1 is 1.14 bits per heavy atom. The van der Waals surface area contributed by atoms with Crippen molar-refractivity contribution in [2.45, 2.75) is 13.3 Å². The van der Waals surface area contributed by atoms with E-state index < -0.39 is 0 Å². The van der Waals surface area contributed by atoms with Crippen LogP contribution in [0.3, 0.4) is 0 Å². The van der Waals surface area contributed by atoms with Crippen LogP contribution in [0, 0.1) is 0 Å². The Bertz CT molecular complexity index is 746. The van der Waals surface area contributed by atoms with Gasteiger partial charge in [-0.15, -0.1) is 0 Å². The summed E-state index contributed by atoms with van der Waals surface area (Å²) in [6.07, 6.45) is 5.80. The molecule has 1 aromatic carbocycles. The Kier molecular flexibility index (Phi) is 4.05. The fourth-order valence-corrected chi connectivity index (χ4v) is 2.38. The third kappa shape index (κ3) is 2.79. The van der Waals surface area contributed by atoms with Crippen molar-refractivity contribution in [1.82, 2.24) is 14.3 Å². The second-order valence-corrected chi connectivity index (χ2v) is 4.81. The Balaban J connectivity index is 2.05. The first-order valence-corrected chi connectivity index (χ1v) is 7.21. The molecule has 0 radical (unpaired) electrons. The average molecular weight is 295 g/mol. The van der Waals surface area contributed by atoms with Gasteiger partial charge in [0, 0.05) is 18.0 Å². The zero-order chi connectivity index (χ0) is 15.4. The Morgan fingerprint density at radius 2 is 1.86 bits per heavy atom. The molecule has 0 N–H and O–H groups in total. The maximum absolute atomic E-state index is 11.8. The third-order valence-corrected chi connectivity index (χ3v) is 3.31. The van der Waals surface area contributed by atoms with Gasteiger partial charge >= 0.3 is 5.97 Å². The van der Waals surface area contributed by atoms with Gasteiger partial charge in [0.05, 0.1) is 24.9 Å². The van der Waals surface area contributed by atoms with Gasteiger partial charge in [-0.2, -0.15) is 5.10 Å². The third-order valence-electron chi connectivity index (χ3n) is 3.31. The molecule has 0 bridgehead atoms. The number of esters is 1. The Hall–Kier alpha value is -2.82. The highest BCUT2D eigenvalue weighted by atomic mass is 16.5. The van der Waals surface area contributed by atoms with E-state index >= 15 is 0 Å². The minimum absolute atomic E-state index is 0.203. The zero-order valence-electron chi connectivity index (χ0n) is 12.3. The van der Waals surface area contributed by atoms with E-state index in [1.165, 1.54) is 0 Å². The number of hydrogen-bond donors (Lipinski definition) is 0. The Labute approximate surface area is 128 Å². The van der Waals surface area contributed by atoms with E-state index in [0.29, 0.717) is 6.61 Å². The van der Waals surface area contributed by atoms with Crippen LogP contribution in [0.25, 0.3) is 11.5 Å². The summed E-state index contributed by atoms with van der Waals surface area (Å²) >= 11 is 0. The van der Waals surface area contributed by atoms with Gasteiger partial charge in [-0.25, -0.2) is 4.68 Å². The summed E-state index contributed by atoms with van der Waals surface area (Å²) < 4.78 is 8.83. The first-order valence-electron chi connectivity index (χ1n) is 7.21. The first kappa shape index (κ1) is 14.1. The number of nitrogens with zero attached hydrogens (tertiary/aromatic N) is 3. The van der Waals surface area contributed by atoms with Gasteiger partial charge in [0.25, 0.3) is 0 Å². The van der Waals surface area contributed by atoms with Gasteiger partial charge in [-0.3, -0.25) is 4.79 Å². The van der Waals surface area contributed by atoms with Crippen molar-refractivity contribution in [2.24, 2.45) is 0 Å². The molecule has 112 valence electrons. The largest absolute Gasteiger partial charge is 0.466 e. The van der Waals surface area contributed by atoms with E-state index in [-0.39, 0.29) is 12.4 Å². The van der Waals surface area contributed by atoms with Gasteiger partial charge in [0.15, 0.2) is 0 Å². The molecule has 0 atom stereocenters. The van der Waals surface area contributed by atoms with Crippen molar-refractivity contribution in [3.63, 3.8) is 0 Å². The summed E-state index contributed by atoms with van der Waals surface area (Å²) in [5, 5.41) is 4.44. The molecule has 5 nitrogen and oxygen atoms in total. The zero-order valence-corrected chi connectivity index (χ0v) is 12.3. The van der Waals surface area contributed by atoms with Gasteiger partial charge < -0.3 is 9.30 Å². The molecule has 2 heterocycles. The highest BCUT2D eigenvalue weighted by molar-refractivity contribution is 5.73. The molecule has 5 heteroatoms. The molecule has 0 spiro atoms. The van der Waals surface area contributed by atoms with Crippen LogP contribution in [-0.2, 0) is 16.0 Å². The molecule has 3 aromatic rings. The van der Waals surface area contributed by atoms with Crippen LogP contribution in [0.4, 0.5) is 0 Å². The van der Waals surface area contributed by atoms with Crippen LogP contribution in [0.1, 0.15) is 12.5 Å². The monoisotopic (exact) mass is 295 g/mol. The molecule has 22 heavy (non-hydrogen) atoms. The molecule has 0 aliphatic rings. The van der Waals surface area contributed by atoms with Crippen molar-refractivity contribution in [3.8, 4) is 11.5 Å². The molecule has 0 unspecified atom stereocenters. The Morgan fingerprint density at radius 3 is 2.55 bits per heavy atom. The lowest BCUT2D eigenvalue weighted by molar-refractivity contribution is -0.142. The molecule has 0 aliphatic heterocycles. The first-order chi connectivity index (χ1) is 10.8. The van der Waals surface area contributed by atoms with Gasteiger partial charge in [-0.1, -0.05) is 18.2 Å². The molecule has 0 saturated carbocycles. The lowest BCUT2D eigenvalue weighted by Gasteiger charge is -2.10. The van der Waals surface area contributed by atoms with E-state index in [9.17, 15) is 4.79 Å². The maximum Gasteiger partial charge on any atom is 0.310 e. The van der Waals surface area contributed by atoms with Gasteiger partial charge in [0.2, 0.25) is 0 Å². The predicted molar refractivity (Wildman–Crippen MR) is 83.2 cm³/mol. The summed E-state index contributed by atoms with van der Waals surface area (Å²) in [6, 6.07) is 13.7. The number of benzene rings is 1. The van der Waals surface area contributed by atoms with E-state index in [2.05, 4.69) is 5.10 Å². The number of aromatic nitrogens is 3. The average Bonchev–Trinajstić information content (AvgIpc) is 3.17.